The Labute approximate surface area is 186 Å². The quantitative estimate of drug-likeness (QED) is 0.662. The minimum absolute atomic E-state index is 0.0718. The molecule has 3 aliphatic heterocycles. The number of hydrogen-bond acceptors (Lipinski definition) is 5. The molecule has 1 unspecified atom stereocenters. The average molecular weight is 450 g/mol. The second-order valence-electron chi connectivity index (χ2n) is 7.98. The lowest BCUT2D eigenvalue weighted by molar-refractivity contribution is -0.124. The molecule has 1 N–H and O–H groups in total. The maximum Gasteiger partial charge on any atom is 0.246 e. The van der Waals surface area contributed by atoms with Crippen LogP contribution in [-0.2, 0) is 15.0 Å². The smallest absolute Gasteiger partial charge is 0.246 e. The van der Waals surface area contributed by atoms with Crippen molar-refractivity contribution in [3.63, 3.8) is 0 Å². The first-order valence-electron chi connectivity index (χ1n) is 10.2. The lowest BCUT2D eigenvalue weighted by Gasteiger charge is -2.23. The van der Waals surface area contributed by atoms with Gasteiger partial charge in [-0.2, -0.15) is 0 Å². The molecule has 0 saturated heterocycles. The number of halogens is 2. The molecule has 1 atom stereocenters. The van der Waals surface area contributed by atoms with Crippen molar-refractivity contribution >= 4 is 23.2 Å². The number of amides is 2. The summed E-state index contributed by atoms with van der Waals surface area (Å²) in [6.07, 6.45) is 0. The average Bonchev–Trinajstić information content (AvgIpc) is 3.48. The van der Waals surface area contributed by atoms with Gasteiger partial charge in [-0.15, -0.1) is 0 Å². The predicted octanol–water partition coefficient (Wildman–Crippen LogP) is 3.36. The topological polar surface area (TPSA) is 77.1 Å². The third kappa shape index (κ3) is 2.78. The summed E-state index contributed by atoms with van der Waals surface area (Å²) in [6, 6.07) is 13.7. The van der Waals surface area contributed by atoms with Gasteiger partial charge < -0.3 is 24.4 Å². The first kappa shape index (κ1) is 19.5. The highest BCUT2D eigenvalue weighted by Crippen LogP contribution is 2.54. The molecule has 0 saturated carbocycles. The van der Waals surface area contributed by atoms with Gasteiger partial charge in [-0.3, -0.25) is 9.59 Å². The minimum Gasteiger partial charge on any atom is -0.491 e. The number of anilines is 2. The van der Waals surface area contributed by atoms with Crippen LogP contribution >= 0.6 is 0 Å². The van der Waals surface area contributed by atoms with Gasteiger partial charge in [0.15, 0.2) is 23.1 Å². The van der Waals surface area contributed by atoms with Crippen molar-refractivity contribution in [1.29, 1.82) is 0 Å². The number of ether oxygens (including phenoxy) is 3. The highest BCUT2D eigenvalue weighted by Gasteiger charge is 2.57. The predicted molar refractivity (Wildman–Crippen MR) is 113 cm³/mol. The number of carbonyl (C=O) groups excluding carboxylic acids is 2. The molecule has 7 nitrogen and oxygen atoms in total. The van der Waals surface area contributed by atoms with E-state index in [1.807, 2.05) is 12.1 Å². The zero-order valence-electron chi connectivity index (χ0n) is 17.1. The lowest BCUT2D eigenvalue weighted by atomic mass is 9.77. The summed E-state index contributed by atoms with van der Waals surface area (Å²) in [5.74, 6) is -1.36. The van der Waals surface area contributed by atoms with E-state index in [9.17, 15) is 18.4 Å². The molecule has 3 aliphatic rings. The van der Waals surface area contributed by atoms with Crippen molar-refractivity contribution in [3.8, 4) is 17.2 Å². The van der Waals surface area contributed by atoms with Crippen molar-refractivity contribution < 1.29 is 32.6 Å². The molecule has 3 aromatic rings. The van der Waals surface area contributed by atoms with Crippen molar-refractivity contribution in [2.45, 2.75) is 5.41 Å². The monoisotopic (exact) mass is 450 g/mol. The van der Waals surface area contributed by atoms with Crippen LogP contribution in [0.5, 0.6) is 17.2 Å². The van der Waals surface area contributed by atoms with E-state index in [1.54, 1.807) is 24.3 Å². The van der Waals surface area contributed by atoms with E-state index < -0.39 is 23.0 Å². The third-order valence-corrected chi connectivity index (χ3v) is 6.15. The van der Waals surface area contributed by atoms with Gasteiger partial charge in [0, 0.05) is 29.1 Å². The molecule has 0 radical (unpaired) electrons. The number of benzene rings is 3. The second kappa shape index (κ2) is 6.93. The third-order valence-electron chi connectivity index (χ3n) is 6.15. The van der Waals surface area contributed by atoms with Gasteiger partial charge in [-0.25, -0.2) is 8.78 Å². The standard InChI is InChI=1S/C24H16F2N2O5/c25-16-6-5-13(7-17(16)26)27-22(29)10-28-18-4-2-1-3-14(18)24(23(28)30)11-31-19-9-21-20(8-15(19)24)32-12-33-21/h1-9H,10-12H2,(H,27,29). The summed E-state index contributed by atoms with van der Waals surface area (Å²) in [7, 11) is 0. The maximum absolute atomic E-state index is 13.8. The van der Waals surface area contributed by atoms with Crippen LogP contribution in [0.15, 0.2) is 54.6 Å². The number of nitrogens with one attached hydrogen (secondary N) is 1. The Kier molecular flexibility index (Phi) is 4.10. The fourth-order valence-corrected chi connectivity index (χ4v) is 4.64. The molecule has 33 heavy (non-hydrogen) atoms. The molecule has 2 amide bonds. The van der Waals surface area contributed by atoms with E-state index in [-0.39, 0.29) is 31.5 Å². The fraction of sp³-hybridized carbons (Fsp3) is 0.167. The van der Waals surface area contributed by atoms with E-state index in [0.29, 0.717) is 34.1 Å². The van der Waals surface area contributed by atoms with E-state index in [0.717, 1.165) is 12.1 Å². The van der Waals surface area contributed by atoms with Gasteiger partial charge in [0.05, 0.1) is 0 Å². The Balaban J connectivity index is 1.35. The molecular formula is C24H16F2N2O5. The van der Waals surface area contributed by atoms with E-state index in [2.05, 4.69) is 5.32 Å². The molecular weight excluding hydrogens is 434 g/mol. The van der Waals surface area contributed by atoms with Crippen molar-refractivity contribution in [3.05, 3.63) is 77.4 Å². The lowest BCUT2D eigenvalue weighted by Crippen LogP contribution is -2.45. The Bertz CT molecular complexity index is 1340. The first-order valence-corrected chi connectivity index (χ1v) is 10.2. The normalized spacial score (nSPS) is 19.5. The van der Waals surface area contributed by atoms with Gasteiger partial charge in [-0.1, -0.05) is 18.2 Å². The first-order chi connectivity index (χ1) is 16.0. The highest BCUT2D eigenvalue weighted by molar-refractivity contribution is 6.14. The fourth-order valence-electron chi connectivity index (χ4n) is 4.64. The largest absolute Gasteiger partial charge is 0.491 e. The van der Waals surface area contributed by atoms with E-state index in [1.165, 1.54) is 11.0 Å². The number of fused-ring (bicyclic) bond motifs is 5. The Morgan fingerprint density at radius 2 is 1.73 bits per heavy atom. The van der Waals surface area contributed by atoms with E-state index >= 15 is 0 Å². The molecule has 1 spiro atoms. The van der Waals surface area contributed by atoms with Crippen LogP contribution in [0.2, 0.25) is 0 Å². The van der Waals surface area contributed by atoms with Crippen molar-refractivity contribution in [2.75, 3.05) is 30.2 Å². The molecule has 3 aromatic carbocycles. The maximum atomic E-state index is 13.8. The molecule has 9 heteroatoms. The Hall–Kier alpha value is -4.14. The zero-order valence-corrected chi connectivity index (χ0v) is 17.1. The number of para-hydroxylation sites is 1. The summed E-state index contributed by atoms with van der Waals surface area (Å²) in [4.78, 5) is 27.9. The Morgan fingerprint density at radius 3 is 2.55 bits per heavy atom. The molecule has 3 heterocycles. The summed E-state index contributed by atoms with van der Waals surface area (Å²) < 4.78 is 43.5. The van der Waals surface area contributed by atoms with Gasteiger partial charge >= 0.3 is 0 Å². The van der Waals surface area contributed by atoms with E-state index in [4.69, 9.17) is 14.2 Å². The molecule has 166 valence electrons. The van der Waals surface area contributed by atoms with Crippen LogP contribution in [0.4, 0.5) is 20.2 Å². The van der Waals surface area contributed by atoms with Gasteiger partial charge in [-0.05, 0) is 29.8 Å². The molecule has 0 aromatic heterocycles. The van der Waals surface area contributed by atoms with Gasteiger partial charge in [0.2, 0.25) is 18.6 Å². The Morgan fingerprint density at radius 1 is 0.939 bits per heavy atom. The highest BCUT2D eigenvalue weighted by atomic mass is 19.2. The van der Waals surface area contributed by atoms with Crippen LogP contribution in [0.1, 0.15) is 11.1 Å². The van der Waals surface area contributed by atoms with Crippen LogP contribution in [-0.4, -0.2) is 31.8 Å². The molecule has 0 aliphatic carbocycles. The van der Waals surface area contributed by atoms with Crippen LogP contribution in [0, 0.1) is 11.6 Å². The van der Waals surface area contributed by atoms with Gasteiger partial charge in [0.25, 0.3) is 0 Å². The second-order valence-corrected chi connectivity index (χ2v) is 7.98. The van der Waals surface area contributed by atoms with Crippen LogP contribution in [0.3, 0.4) is 0 Å². The number of carbonyl (C=O) groups is 2. The van der Waals surface area contributed by atoms with Gasteiger partial charge in [0.1, 0.15) is 24.3 Å². The molecule has 6 rings (SSSR count). The molecule has 0 bridgehead atoms. The summed E-state index contributed by atoms with van der Waals surface area (Å²) in [6.45, 7) is -0.148. The summed E-state index contributed by atoms with van der Waals surface area (Å²) >= 11 is 0. The van der Waals surface area contributed by atoms with Crippen molar-refractivity contribution in [1.82, 2.24) is 0 Å². The SMILES string of the molecule is O=C(CN1C(=O)C2(COc3cc4c(cc32)OCO4)c2ccccc21)Nc1ccc(F)c(F)c1. The van der Waals surface area contributed by atoms with Crippen LogP contribution in [0.25, 0.3) is 0 Å². The summed E-state index contributed by atoms with van der Waals surface area (Å²) in [5, 5.41) is 2.51. The number of hydrogen-bond donors (Lipinski definition) is 1. The minimum atomic E-state index is -1.13. The molecule has 0 fully saturated rings. The summed E-state index contributed by atoms with van der Waals surface area (Å²) in [5.41, 5.74) is 0.906. The van der Waals surface area contributed by atoms with Crippen molar-refractivity contribution in [2.24, 2.45) is 0 Å². The zero-order chi connectivity index (χ0) is 22.7. The number of rotatable bonds is 3. The van der Waals surface area contributed by atoms with Crippen LogP contribution < -0.4 is 24.4 Å². The number of nitrogens with zero attached hydrogens (tertiary/aromatic N) is 1.